The predicted octanol–water partition coefficient (Wildman–Crippen LogP) is 3.40. The molecule has 1 atom stereocenters. The molecule has 112 valence electrons. The second kappa shape index (κ2) is 6.20. The Morgan fingerprint density at radius 3 is 3.05 bits per heavy atom. The maximum absolute atomic E-state index is 12.5. The molecule has 1 aromatic carbocycles. The first-order valence-electron chi connectivity index (χ1n) is 7.33. The van der Waals surface area contributed by atoms with E-state index in [0.29, 0.717) is 10.6 Å². The number of amides is 1. The summed E-state index contributed by atoms with van der Waals surface area (Å²) < 4.78 is 0. The molecule has 1 aliphatic rings. The molecular formula is C17H17N3OS. The maximum Gasteiger partial charge on any atom is 0.247 e. The highest BCUT2D eigenvalue weighted by molar-refractivity contribution is 7.14. The largest absolute Gasteiger partial charge is 0.360 e. The van der Waals surface area contributed by atoms with Gasteiger partial charge in [0.25, 0.3) is 0 Å². The number of hydrogen-bond acceptors (Lipinski definition) is 4. The van der Waals surface area contributed by atoms with Crippen molar-refractivity contribution in [1.82, 2.24) is 0 Å². The van der Waals surface area contributed by atoms with E-state index in [0.717, 1.165) is 25.1 Å². The van der Waals surface area contributed by atoms with Gasteiger partial charge in [0.05, 0.1) is 5.56 Å². The summed E-state index contributed by atoms with van der Waals surface area (Å²) in [5.74, 6) is -0.0735. The number of aryl methyl sites for hydroxylation is 1. The Hall–Kier alpha value is -2.32. The summed E-state index contributed by atoms with van der Waals surface area (Å²) in [6.45, 7) is 2.79. The Balaban J connectivity index is 1.79. The number of thiophene rings is 1. The number of benzene rings is 1. The van der Waals surface area contributed by atoms with Gasteiger partial charge in [-0.25, -0.2) is 0 Å². The Labute approximate surface area is 134 Å². The van der Waals surface area contributed by atoms with E-state index in [2.05, 4.69) is 28.4 Å². The second-order valence-corrected chi connectivity index (χ2v) is 6.28. The molecule has 22 heavy (non-hydrogen) atoms. The van der Waals surface area contributed by atoms with Gasteiger partial charge in [-0.1, -0.05) is 18.2 Å². The average molecular weight is 311 g/mol. The first kappa shape index (κ1) is 14.6. The number of nitrogens with one attached hydrogen (secondary N) is 1. The lowest BCUT2D eigenvalue weighted by atomic mass is 10.00. The van der Waals surface area contributed by atoms with Gasteiger partial charge in [0.15, 0.2) is 0 Å². The zero-order valence-electron chi connectivity index (χ0n) is 12.4. The van der Waals surface area contributed by atoms with Crippen molar-refractivity contribution in [3.8, 4) is 6.07 Å². The molecule has 1 amide bonds. The van der Waals surface area contributed by atoms with Gasteiger partial charge < -0.3 is 10.2 Å². The zero-order valence-corrected chi connectivity index (χ0v) is 13.2. The molecule has 0 aliphatic carbocycles. The summed E-state index contributed by atoms with van der Waals surface area (Å²) in [6.07, 6.45) is 2.11. The lowest BCUT2D eigenvalue weighted by Gasteiger charge is -2.35. The fourth-order valence-corrected chi connectivity index (χ4v) is 3.56. The zero-order chi connectivity index (χ0) is 15.5. The fourth-order valence-electron chi connectivity index (χ4n) is 2.82. The maximum atomic E-state index is 12.5. The number of hydrogen-bond donors (Lipinski definition) is 1. The molecule has 3 rings (SSSR count). The third kappa shape index (κ3) is 2.70. The van der Waals surface area contributed by atoms with E-state index in [-0.39, 0.29) is 11.9 Å². The molecular weight excluding hydrogens is 294 g/mol. The van der Waals surface area contributed by atoms with Crippen LogP contribution < -0.4 is 10.2 Å². The van der Waals surface area contributed by atoms with Crippen molar-refractivity contribution in [2.24, 2.45) is 0 Å². The topological polar surface area (TPSA) is 56.1 Å². The van der Waals surface area contributed by atoms with Crippen LogP contribution in [0.4, 0.5) is 10.7 Å². The van der Waals surface area contributed by atoms with Crippen molar-refractivity contribution in [2.75, 3.05) is 16.8 Å². The van der Waals surface area contributed by atoms with Gasteiger partial charge in [0.2, 0.25) is 5.91 Å². The number of nitrogens with zero attached hydrogens (tertiary/aromatic N) is 2. The number of fused-ring (bicyclic) bond motifs is 1. The molecule has 5 heteroatoms. The van der Waals surface area contributed by atoms with Crippen LogP contribution in [0.3, 0.4) is 0 Å². The third-order valence-electron chi connectivity index (χ3n) is 4.02. The van der Waals surface area contributed by atoms with E-state index in [1.807, 2.05) is 24.4 Å². The van der Waals surface area contributed by atoms with Crippen LogP contribution in [0.1, 0.15) is 24.5 Å². The van der Waals surface area contributed by atoms with Crippen molar-refractivity contribution in [3.05, 3.63) is 46.8 Å². The van der Waals surface area contributed by atoms with Gasteiger partial charge >= 0.3 is 0 Å². The third-order valence-corrected chi connectivity index (χ3v) is 4.85. The first-order chi connectivity index (χ1) is 10.7. The molecule has 1 N–H and O–H groups in total. The molecule has 0 spiro atoms. The molecule has 0 unspecified atom stereocenters. The van der Waals surface area contributed by atoms with Crippen molar-refractivity contribution in [1.29, 1.82) is 5.26 Å². The molecule has 1 aromatic heterocycles. The second-order valence-electron chi connectivity index (χ2n) is 5.37. The highest BCUT2D eigenvalue weighted by Crippen LogP contribution is 2.29. The van der Waals surface area contributed by atoms with E-state index >= 15 is 0 Å². The number of carbonyl (C=O) groups excluding carboxylic acids is 1. The highest BCUT2D eigenvalue weighted by Gasteiger charge is 2.26. The standard InChI is InChI=1S/C17H17N3OS/c1-12(16(21)19-17-14(11-18)8-10-22-17)20-9-4-6-13-5-2-3-7-15(13)20/h2-3,5,7-8,10,12H,4,6,9H2,1H3,(H,19,21)/t12-/m0/s1. The van der Waals surface area contributed by atoms with Gasteiger partial charge in [0, 0.05) is 12.2 Å². The lowest BCUT2D eigenvalue weighted by molar-refractivity contribution is -0.117. The van der Waals surface area contributed by atoms with Crippen molar-refractivity contribution >= 4 is 27.9 Å². The van der Waals surface area contributed by atoms with Crippen molar-refractivity contribution in [2.45, 2.75) is 25.8 Å². The van der Waals surface area contributed by atoms with Crippen LogP contribution in [-0.2, 0) is 11.2 Å². The average Bonchev–Trinajstić information content (AvgIpc) is 3.00. The lowest BCUT2D eigenvalue weighted by Crippen LogP contribution is -2.44. The fraction of sp³-hybridized carbons (Fsp3) is 0.294. The molecule has 4 nitrogen and oxygen atoms in total. The minimum atomic E-state index is -0.268. The first-order valence-corrected chi connectivity index (χ1v) is 8.21. The van der Waals surface area contributed by atoms with Crippen LogP contribution in [0.25, 0.3) is 0 Å². The number of nitriles is 1. The SMILES string of the molecule is C[C@@H](C(=O)Nc1sccc1C#N)N1CCCc2ccccc21. The van der Waals surface area contributed by atoms with Gasteiger partial charge in [-0.3, -0.25) is 4.79 Å². The van der Waals surface area contributed by atoms with E-state index in [1.54, 1.807) is 6.07 Å². The van der Waals surface area contributed by atoms with Crippen LogP contribution in [0.15, 0.2) is 35.7 Å². The highest BCUT2D eigenvalue weighted by atomic mass is 32.1. The van der Waals surface area contributed by atoms with Gasteiger partial charge in [-0.15, -0.1) is 11.3 Å². The molecule has 2 aromatic rings. The Kier molecular flexibility index (Phi) is 4.12. The minimum Gasteiger partial charge on any atom is -0.360 e. The predicted molar refractivity (Wildman–Crippen MR) is 89.2 cm³/mol. The molecule has 2 heterocycles. The molecule has 0 saturated heterocycles. The number of carbonyl (C=O) groups is 1. The van der Waals surface area contributed by atoms with Gasteiger partial charge in [-0.2, -0.15) is 5.26 Å². The van der Waals surface area contributed by atoms with Crippen molar-refractivity contribution in [3.63, 3.8) is 0 Å². The van der Waals surface area contributed by atoms with Crippen LogP contribution in [-0.4, -0.2) is 18.5 Å². The van der Waals surface area contributed by atoms with Crippen LogP contribution in [0.5, 0.6) is 0 Å². The summed E-state index contributed by atoms with van der Waals surface area (Å²) in [4.78, 5) is 14.7. The number of para-hydroxylation sites is 1. The number of rotatable bonds is 3. The normalized spacial score (nSPS) is 14.8. The minimum absolute atomic E-state index is 0.0735. The van der Waals surface area contributed by atoms with Gasteiger partial charge in [-0.05, 0) is 42.8 Å². The van der Waals surface area contributed by atoms with E-state index in [1.165, 1.54) is 16.9 Å². The van der Waals surface area contributed by atoms with E-state index < -0.39 is 0 Å². The van der Waals surface area contributed by atoms with Crippen LogP contribution in [0.2, 0.25) is 0 Å². The molecule has 0 fully saturated rings. The number of anilines is 2. The van der Waals surface area contributed by atoms with Crippen LogP contribution >= 0.6 is 11.3 Å². The molecule has 1 aliphatic heterocycles. The summed E-state index contributed by atoms with van der Waals surface area (Å²) in [7, 11) is 0. The van der Waals surface area contributed by atoms with E-state index in [4.69, 9.17) is 5.26 Å². The summed E-state index contributed by atoms with van der Waals surface area (Å²) in [5, 5.41) is 14.4. The summed E-state index contributed by atoms with van der Waals surface area (Å²) in [6, 6.07) is 11.8. The van der Waals surface area contributed by atoms with Gasteiger partial charge in [0.1, 0.15) is 17.1 Å². The Morgan fingerprint density at radius 2 is 2.23 bits per heavy atom. The van der Waals surface area contributed by atoms with Crippen molar-refractivity contribution < 1.29 is 4.79 Å². The Morgan fingerprint density at radius 1 is 1.41 bits per heavy atom. The monoisotopic (exact) mass is 311 g/mol. The van der Waals surface area contributed by atoms with Crippen LogP contribution in [0, 0.1) is 11.3 Å². The quantitative estimate of drug-likeness (QED) is 0.945. The molecule has 0 radical (unpaired) electrons. The summed E-state index contributed by atoms with van der Waals surface area (Å²) >= 11 is 1.38. The molecule has 0 saturated carbocycles. The smallest absolute Gasteiger partial charge is 0.247 e. The summed E-state index contributed by atoms with van der Waals surface area (Å²) in [5.41, 5.74) is 2.95. The van der Waals surface area contributed by atoms with E-state index in [9.17, 15) is 4.79 Å². The Bertz CT molecular complexity index is 732. The molecule has 0 bridgehead atoms.